The molecule has 0 spiro atoms. The normalized spacial score (nSPS) is 22.2. The summed E-state index contributed by atoms with van der Waals surface area (Å²) in [5.74, 6) is 0.763. The third-order valence-corrected chi connectivity index (χ3v) is 6.36. The molecule has 0 radical (unpaired) electrons. The van der Waals surface area contributed by atoms with Crippen LogP contribution in [-0.2, 0) is 16.2 Å². The van der Waals surface area contributed by atoms with Gasteiger partial charge in [0, 0.05) is 18.8 Å². The first-order valence-electron chi connectivity index (χ1n) is 8.36. The van der Waals surface area contributed by atoms with Crippen LogP contribution in [0.5, 0.6) is 0 Å². The molecule has 142 valence electrons. The summed E-state index contributed by atoms with van der Waals surface area (Å²) < 4.78 is 64.0. The van der Waals surface area contributed by atoms with E-state index in [4.69, 9.17) is 0 Å². The smallest absolute Gasteiger partial charge is 0.370 e. The maximum atomic E-state index is 12.5. The average Bonchev–Trinajstić information content (AvgIpc) is 2.53. The highest BCUT2D eigenvalue weighted by atomic mass is 32.2. The Labute approximate surface area is 146 Å². The van der Waals surface area contributed by atoms with Crippen LogP contribution in [-0.4, -0.2) is 31.2 Å². The van der Waals surface area contributed by atoms with Gasteiger partial charge >= 0.3 is 6.18 Å². The highest BCUT2D eigenvalue weighted by molar-refractivity contribution is 7.90. The molecular weight excluding hydrogens is 355 g/mol. The van der Waals surface area contributed by atoms with Crippen molar-refractivity contribution >= 4 is 15.8 Å². The van der Waals surface area contributed by atoms with Crippen LogP contribution in [0.25, 0.3) is 0 Å². The van der Waals surface area contributed by atoms with Crippen LogP contribution in [0.4, 0.5) is 19.0 Å². The van der Waals surface area contributed by atoms with Crippen molar-refractivity contribution in [1.29, 1.82) is 0 Å². The Morgan fingerprint density at radius 1 is 1.20 bits per heavy atom. The molecule has 1 aromatic rings. The van der Waals surface area contributed by atoms with Gasteiger partial charge in [-0.3, -0.25) is 0 Å². The van der Waals surface area contributed by atoms with Crippen LogP contribution in [0, 0.1) is 5.92 Å². The summed E-state index contributed by atoms with van der Waals surface area (Å²) in [6, 6.07) is 2.30. The zero-order valence-corrected chi connectivity index (χ0v) is 15.1. The van der Waals surface area contributed by atoms with Crippen LogP contribution >= 0.6 is 0 Å². The van der Waals surface area contributed by atoms with Gasteiger partial charge in [0.15, 0.2) is 0 Å². The SMILES string of the molecule is CC(C)S(=O)(=O)NC1CCC(CNc2ccc(C(F)(F)F)cn2)CC1. The molecule has 1 heterocycles. The summed E-state index contributed by atoms with van der Waals surface area (Å²) in [5, 5.41) is 2.61. The number of rotatable bonds is 6. The Morgan fingerprint density at radius 2 is 1.84 bits per heavy atom. The lowest BCUT2D eigenvalue weighted by Gasteiger charge is -2.29. The third kappa shape index (κ3) is 5.85. The van der Waals surface area contributed by atoms with Gasteiger partial charge in [0.05, 0.1) is 10.8 Å². The number of alkyl halides is 3. The minimum atomic E-state index is -4.38. The quantitative estimate of drug-likeness (QED) is 0.795. The molecule has 0 bridgehead atoms. The Morgan fingerprint density at radius 3 is 2.32 bits per heavy atom. The highest BCUT2D eigenvalue weighted by Gasteiger charge is 2.30. The first-order chi connectivity index (χ1) is 11.6. The lowest BCUT2D eigenvalue weighted by Crippen LogP contribution is -2.41. The van der Waals surface area contributed by atoms with E-state index in [1.165, 1.54) is 6.07 Å². The predicted octanol–water partition coefficient (Wildman–Crippen LogP) is 3.40. The van der Waals surface area contributed by atoms with E-state index in [1.54, 1.807) is 13.8 Å². The molecule has 0 unspecified atom stereocenters. The monoisotopic (exact) mass is 379 g/mol. The van der Waals surface area contributed by atoms with E-state index in [0.717, 1.165) is 37.9 Å². The van der Waals surface area contributed by atoms with Crippen molar-refractivity contribution in [2.45, 2.75) is 57.0 Å². The second kappa shape index (κ2) is 7.90. The summed E-state index contributed by atoms with van der Waals surface area (Å²) in [6.07, 6.45) is -0.317. The van der Waals surface area contributed by atoms with Crippen LogP contribution in [0.3, 0.4) is 0 Å². The summed E-state index contributed by atoms with van der Waals surface area (Å²) in [6.45, 7) is 3.91. The maximum absolute atomic E-state index is 12.5. The zero-order valence-electron chi connectivity index (χ0n) is 14.3. The largest absolute Gasteiger partial charge is 0.417 e. The van der Waals surface area contributed by atoms with Crippen molar-refractivity contribution in [3.8, 4) is 0 Å². The topological polar surface area (TPSA) is 71.1 Å². The standard InChI is InChI=1S/C16H24F3N3O2S/c1-11(2)25(23,24)22-14-6-3-12(4-7-14)9-20-15-8-5-13(10-21-15)16(17,18)19/h5,8,10-12,14,22H,3-4,6-7,9H2,1-2H3,(H,20,21). The summed E-state index contributed by atoms with van der Waals surface area (Å²) in [5.41, 5.74) is -0.768. The third-order valence-electron chi connectivity index (χ3n) is 4.46. The van der Waals surface area contributed by atoms with E-state index in [9.17, 15) is 21.6 Å². The predicted molar refractivity (Wildman–Crippen MR) is 90.7 cm³/mol. The second-order valence-corrected chi connectivity index (χ2v) is 9.01. The molecule has 1 aliphatic carbocycles. The summed E-state index contributed by atoms with van der Waals surface area (Å²) in [7, 11) is -3.25. The van der Waals surface area contributed by atoms with Gasteiger partial charge in [-0.05, 0) is 57.6 Å². The van der Waals surface area contributed by atoms with Crippen LogP contribution in [0.15, 0.2) is 18.3 Å². The summed E-state index contributed by atoms with van der Waals surface area (Å²) in [4.78, 5) is 3.79. The molecule has 0 amide bonds. The summed E-state index contributed by atoms with van der Waals surface area (Å²) >= 11 is 0. The van der Waals surface area contributed by atoms with E-state index in [0.29, 0.717) is 18.3 Å². The van der Waals surface area contributed by atoms with Gasteiger partial charge in [0.2, 0.25) is 10.0 Å². The number of aromatic nitrogens is 1. The zero-order chi connectivity index (χ0) is 18.7. The van der Waals surface area contributed by atoms with E-state index >= 15 is 0 Å². The molecule has 2 rings (SSSR count). The van der Waals surface area contributed by atoms with Crippen molar-refractivity contribution in [1.82, 2.24) is 9.71 Å². The molecule has 2 N–H and O–H groups in total. The van der Waals surface area contributed by atoms with Crippen molar-refractivity contribution in [3.63, 3.8) is 0 Å². The molecular formula is C16H24F3N3O2S. The number of anilines is 1. The van der Waals surface area contributed by atoms with Crippen LogP contribution in [0.2, 0.25) is 0 Å². The molecule has 0 aliphatic heterocycles. The van der Waals surface area contributed by atoms with Gasteiger partial charge in [0.1, 0.15) is 5.82 Å². The first-order valence-corrected chi connectivity index (χ1v) is 9.91. The Kier molecular flexibility index (Phi) is 6.31. The number of sulfonamides is 1. The van der Waals surface area contributed by atoms with Gasteiger partial charge in [-0.15, -0.1) is 0 Å². The van der Waals surface area contributed by atoms with E-state index < -0.39 is 27.0 Å². The lowest BCUT2D eigenvalue weighted by molar-refractivity contribution is -0.137. The second-order valence-electron chi connectivity index (χ2n) is 6.74. The van der Waals surface area contributed by atoms with Gasteiger partial charge < -0.3 is 5.32 Å². The fourth-order valence-electron chi connectivity index (χ4n) is 2.77. The molecule has 1 aliphatic rings. The minimum absolute atomic E-state index is 0.0344. The molecule has 9 heteroatoms. The molecule has 1 aromatic heterocycles. The lowest BCUT2D eigenvalue weighted by atomic mass is 9.86. The van der Waals surface area contributed by atoms with Crippen molar-refractivity contribution in [2.24, 2.45) is 5.92 Å². The fourth-order valence-corrected chi connectivity index (χ4v) is 3.74. The molecule has 5 nitrogen and oxygen atoms in total. The van der Waals surface area contributed by atoms with Crippen molar-refractivity contribution < 1.29 is 21.6 Å². The number of pyridine rings is 1. The number of halogens is 3. The minimum Gasteiger partial charge on any atom is -0.370 e. The molecule has 0 aromatic carbocycles. The number of nitrogens with zero attached hydrogens (tertiary/aromatic N) is 1. The molecule has 0 atom stereocenters. The molecule has 1 saturated carbocycles. The van der Waals surface area contributed by atoms with Crippen molar-refractivity contribution in [2.75, 3.05) is 11.9 Å². The molecule has 0 saturated heterocycles. The van der Waals surface area contributed by atoms with Gasteiger partial charge in [-0.2, -0.15) is 13.2 Å². The number of hydrogen-bond acceptors (Lipinski definition) is 4. The van der Waals surface area contributed by atoms with E-state index in [-0.39, 0.29) is 6.04 Å². The number of nitrogens with one attached hydrogen (secondary N) is 2. The van der Waals surface area contributed by atoms with Crippen molar-refractivity contribution in [3.05, 3.63) is 23.9 Å². The fraction of sp³-hybridized carbons (Fsp3) is 0.688. The number of hydrogen-bond donors (Lipinski definition) is 2. The molecule has 25 heavy (non-hydrogen) atoms. The molecule has 1 fully saturated rings. The van der Waals surface area contributed by atoms with E-state index in [1.807, 2.05) is 0 Å². The first kappa shape index (κ1) is 20.0. The van der Waals surface area contributed by atoms with E-state index in [2.05, 4.69) is 15.0 Å². The van der Waals surface area contributed by atoms with Gasteiger partial charge in [-0.25, -0.2) is 18.1 Å². The van der Waals surface area contributed by atoms with Gasteiger partial charge in [-0.1, -0.05) is 0 Å². The maximum Gasteiger partial charge on any atom is 0.417 e. The Bertz CT molecular complexity index is 652. The highest BCUT2D eigenvalue weighted by Crippen LogP contribution is 2.29. The van der Waals surface area contributed by atoms with Gasteiger partial charge in [0.25, 0.3) is 0 Å². The average molecular weight is 379 g/mol. The van der Waals surface area contributed by atoms with Crippen LogP contribution < -0.4 is 10.0 Å². The van der Waals surface area contributed by atoms with Crippen LogP contribution in [0.1, 0.15) is 45.1 Å². The Balaban J connectivity index is 1.77. The Hall–Kier alpha value is -1.35.